The van der Waals surface area contributed by atoms with E-state index in [0.717, 1.165) is 6.29 Å². The summed E-state index contributed by atoms with van der Waals surface area (Å²) < 4.78 is 27.3. The molecule has 0 amide bonds. The highest BCUT2D eigenvalue weighted by Gasteiger charge is 2.30. The Morgan fingerprint density at radius 1 is 1.10 bits per heavy atom. The second kappa shape index (κ2) is 10.6. The molecule has 1 heterocycles. The highest BCUT2D eigenvalue weighted by molar-refractivity contribution is 5.91. The van der Waals surface area contributed by atoms with Gasteiger partial charge in [0.2, 0.25) is 5.75 Å². The third-order valence-corrected chi connectivity index (χ3v) is 5.94. The molecule has 0 saturated carbocycles. The van der Waals surface area contributed by atoms with Crippen molar-refractivity contribution in [3.05, 3.63) is 27.6 Å². The van der Waals surface area contributed by atoms with E-state index >= 15 is 0 Å². The van der Waals surface area contributed by atoms with Crippen LogP contribution in [0.3, 0.4) is 0 Å². The fourth-order valence-corrected chi connectivity index (χ4v) is 4.05. The lowest BCUT2D eigenvalue weighted by Crippen LogP contribution is -2.37. The van der Waals surface area contributed by atoms with Crippen LogP contribution in [-0.4, -0.2) is 52.0 Å². The highest BCUT2D eigenvalue weighted by Crippen LogP contribution is 2.40. The topological polar surface area (TPSA) is 104 Å². The third kappa shape index (κ3) is 4.85. The van der Waals surface area contributed by atoms with Gasteiger partial charge in [-0.05, 0) is 19.3 Å². The van der Waals surface area contributed by atoms with Crippen LogP contribution in [0.25, 0.3) is 11.0 Å². The molecule has 1 aromatic heterocycles. The van der Waals surface area contributed by atoms with Gasteiger partial charge in [-0.15, -0.1) is 0 Å². The molecule has 4 atom stereocenters. The Morgan fingerprint density at radius 3 is 2.26 bits per heavy atom. The summed E-state index contributed by atoms with van der Waals surface area (Å²) in [4.78, 5) is 24.3. The van der Waals surface area contributed by atoms with Crippen LogP contribution >= 0.6 is 0 Å². The molecule has 0 aliphatic heterocycles. The number of hydrogen-bond donors (Lipinski definition) is 1. The van der Waals surface area contributed by atoms with E-state index in [0.29, 0.717) is 24.2 Å². The summed E-state index contributed by atoms with van der Waals surface area (Å²) in [5.41, 5.74) is 0.217. The van der Waals surface area contributed by atoms with Gasteiger partial charge >= 0.3 is 0 Å². The standard InChI is InChI=1S/C23H32O8/c1-12(22(30-7)14(3)18(11-24)29-6)8-9-15-13(2)20(25)19-16(27-4)10-17(28-5)21(26)23(19)31-15/h10-12,14,18,22,26H,8-9H2,1-7H3/t12-,14+,18-,22-/m0/s1. The first-order valence-electron chi connectivity index (χ1n) is 10.2. The zero-order valence-electron chi connectivity index (χ0n) is 19.2. The van der Waals surface area contributed by atoms with Crippen LogP contribution in [0.15, 0.2) is 15.3 Å². The van der Waals surface area contributed by atoms with Crippen molar-refractivity contribution < 1.29 is 33.3 Å². The van der Waals surface area contributed by atoms with Crippen molar-refractivity contribution in [1.29, 1.82) is 0 Å². The Morgan fingerprint density at radius 2 is 1.74 bits per heavy atom. The van der Waals surface area contributed by atoms with E-state index in [2.05, 4.69) is 0 Å². The molecule has 0 aliphatic carbocycles. The number of aromatic hydroxyl groups is 1. The number of ether oxygens (including phenoxy) is 4. The van der Waals surface area contributed by atoms with Gasteiger partial charge in [0.25, 0.3) is 0 Å². The fourth-order valence-electron chi connectivity index (χ4n) is 4.05. The Bertz CT molecular complexity index is 964. The van der Waals surface area contributed by atoms with Gasteiger partial charge < -0.3 is 33.3 Å². The quantitative estimate of drug-likeness (QED) is 0.535. The normalized spacial score (nSPS) is 15.3. The number of hydrogen-bond acceptors (Lipinski definition) is 8. The molecule has 0 fully saturated rings. The van der Waals surface area contributed by atoms with Gasteiger partial charge in [-0.1, -0.05) is 13.8 Å². The summed E-state index contributed by atoms with van der Waals surface area (Å²) in [6.07, 6.45) is 1.07. The number of phenolic OH excluding ortho intramolecular Hbond substituents is 1. The fraction of sp³-hybridized carbons (Fsp3) is 0.565. The van der Waals surface area contributed by atoms with Crippen LogP contribution in [0, 0.1) is 18.8 Å². The molecule has 0 bridgehead atoms. The van der Waals surface area contributed by atoms with E-state index in [4.69, 9.17) is 23.4 Å². The predicted molar refractivity (Wildman–Crippen MR) is 116 cm³/mol. The van der Waals surface area contributed by atoms with Crippen LogP contribution < -0.4 is 14.9 Å². The van der Waals surface area contributed by atoms with Crippen molar-refractivity contribution in [3.63, 3.8) is 0 Å². The lowest BCUT2D eigenvalue weighted by atomic mass is 9.86. The maximum Gasteiger partial charge on any atom is 0.202 e. The minimum Gasteiger partial charge on any atom is -0.502 e. The monoisotopic (exact) mass is 436 g/mol. The van der Waals surface area contributed by atoms with Gasteiger partial charge in [0.05, 0.1) is 20.3 Å². The van der Waals surface area contributed by atoms with Crippen molar-refractivity contribution in [2.24, 2.45) is 11.8 Å². The first-order chi connectivity index (χ1) is 14.7. The predicted octanol–water partition coefficient (Wildman–Crippen LogP) is 3.26. The lowest BCUT2D eigenvalue weighted by molar-refractivity contribution is -0.124. The van der Waals surface area contributed by atoms with Crippen molar-refractivity contribution in [1.82, 2.24) is 0 Å². The molecule has 31 heavy (non-hydrogen) atoms. The minimum absolute atomic E-state index is 0.0338. The molecule has 1 aromatic carbocycles. The molecular weight excluding hydrogens is 404 g/mol. The van der Waals surface area contributed by atoms with Crippen molar-refractivity contribution in [2.75, 3.05) is 28.4 Å². The van der Waals surface area contributed by atoms with Gasteiger partial charge in [-0.2, -0.15) is 0 Å². The third-order valence-electron chi connectivity index (χ3n) is 5.94. The summed E-state index contributed by atoms with van der Waals surface area (Å²) >= 11 is 0. The van der Waals surface area contributed by atoms with Crippen LogP contribution in [0.5, 0.6) is 17.2 Å². The van der Waals surface area contributed by atoms with E-state index in [1.807, 2.05) is 13.8 Å². The summed E-state index contributed by atoms with van der Waals surface area (Å²) in [6, 6.07) is 1.46. The average Bonchev–Trinajstić information content (AvgIpc) is 2.77. The number of carbonyl (C=O) groups is 1. The van der Waals surface area contributed by atoms with Crippen molar-refractivity contribution in [3.8, 4) is 17.2 Å². The molecule has 8 nitrogen and oxygen atoms in total. The van der Waals surface area contributed by atoms with Crippen molar-refractivity contribution >= 4 is 17.3 Å². The summed E-state index contributed by atoms with van der Waals surface area (Å²) in [7, 11) is 5.95. The SMILES string of the molecule is COc1cc(OC)c2c(=O)c(C)c(CC[C@H](C)[C@H](OC)[C@H](C)[C@H](C=O)OC)oc2c1O. The maximum atomic E-state index is 13.0. The summed E-state index contributed by atoms with van der Waals surface area (Å²) in [5, 5.41) is 10.7. The number of rotatable bonds is 11. The van der Waals surface area contributed by atoms with E-state index in [1.54, 1.807) is 14.0 Å². The number of aldehydes is 1. The lowest BCUT2D eigenvalue weighted by Gasteiger charge is -2.31. The molecule has 0 unspecified atom stereocenters. The maximum absolute atomic E-state index is 13.0. The van der Waals surface area contributed by atoms with Gasteiger partial charge in [0, 0.05) is 38.2 Å². The molecule has 0 spiro atoms. The minimum atomic E-state index is -0.565. The Balaban J connectivity index is 2.39. The molecule has 172 valence electrons. The van der Waals surface area contributed by atoms with Crippen LogP contribution in [-0.2, 0) is 20.7 Å². The molecule has 1 N–H and O–H groups in total. The highest BCUT2D eigenvalue weighted by atomic mass is 16.5. The number of methoxy groups -OCH3 is 4. The number of benzene rings is 1. The number of fused-ring (bicyclic) bond motifs is 1. The Kier molecular flexibility index (Phi) is 8.47. The van der Waals surface area contributed by atoms with E-state index in [-0.39, 0.29) is 51.6 Å². The molecule has 0 radical (unpaired) electrons. The van der Waals surface area contributed by atoms with Crippen LogP contribution in [0.4, 0.5) is 0 Å². The molecule has 2 rings (SSSR count). The van der Waals surface area contributed by atoms with Gasteiger partial charge in [-0.25, -0.2) is 0 Å². The molecule has 2 aromatic rings. The second-order valence-electron chi connectivity index (χ2n) is 7.72. The van der Waals surface area contributed by atoms with E-state index in [9.17, 15) is 14.7 Å². The molecule has 8 heteroatoms. The number of phenols is 1. The van der Waals surface area contributed by atoms with Crippen LogP contribution in [0.1, 0.15) is 31.6 Å². The first kappa shape index (κ1) is 24.7. The van der Waals surface area contributed by atoms with Gasteiger partial charge in [-0.3, -0.25) is 4.79 Å². The van der Waals surface area contributed by atoms with E-state index < -0.39 is 6.10 Å². The zero-order chi connectivity index (χ0) is 23.3. The summed E-state index contributed by atoms with van der Waals surface area (Å²) in [5.74, 6) is 0.548. The average molecular weight is 437 g/mol. The first-order valence-corrected chi connectivity index (χ1v) is 10.2. The molecular formula is C23H32O8. The van der Waals surface area contributed by atoms with Crippen LogP contribution in [0.2, 0.25) is 0 Å². The zero-order valence-corrected chi connectivity index (χ0v) is 19.2. The van der Waals surface area contributed by atoms with Crippen molar-refractivity contribution in [2.45, 2.75) is 45.8 Å². The largest absolute Gasteiger partial charge is 0.502 e. The Labute approximate surface area is 182 Å². The smallest absolute Gasteiger partial charge is 0.202 e. The van der Waals surface area contributed by atoms with Gasteiger partial charge in [0.1, 0.15) is 29.3 Å². The number of carbonyl (C=O) groups excluding carboxylic acids is 1. The Hall–Kier alpha value is -2.58. The molecule has 0 saturated heterocycles. The summed E-state index contributed by atoms with van der Waals surface area (Å²) in [6.45, 7) is 5.61. The molecule has 0 aliphatic rings. The number of aryl methyl sites for hydroxylation is 1. The second-order valence-corrected chi connectivity index (χ2v) is 7.72. The van der Waals surface area contributed by atoms with E-state index in [1.165, 1.54) is 27.4 Å². The van der Waals surface area contributed by atoms with Gasteiger partial charge in [0.15, 0.2) is 16.8 Å².